The van der Waals surface area contributed by atoms with Gasteiger partial charge in [0, 0.05) is 45.8 Å². The number of ether oxygens (including phenoxy) is 1. The zero-order valence-corrected chi connectivity index (χ0v) is 18.1. The molecule has 2 N–H and O–H groups in total. The zero-order valence-electron chi connectivity index (χ0n) is 18.1. The summed E-state index contributed by atoms with van der Waals surface area (Å²) in [5.41, 5.74) is 6.64. The Bertz CT molecular complexity index is 905. The summed E-state index contributed by atoms with van der Waals surface area (Å²) in [6.45, 7) is 6.78. The monoisotopic (exact) mass is 423 g/mol. The summed E-state index contributed by atoms with van der Waals surface area (Å²) >= 11 is 0. The SMILES string of the molecule is OC(CN1CCc2ccccc2C1)CN1CCN(Cc2ccc3c(c2)COCC3)C1O. The summed E-state index contributed by atoms with van der Waals surface area (Å²) in [7, 11) is 0. The summed E-state index contributed by atoms with van der Waals surface area (Å²) in [6, 6.07) is 15.2. The molecule has 0 radical (unpaired) electrons. The first-order chi connectivity index (χ1) is 15.2. The molecule has 6 heteroatoms. The Labute approximate surface area is 184 Å². The number of aliphatic hydroxyl groups is 2. The Morgan fingerprint density at radius 2 is 1.71 bits per heavy atom. The minimum atomic E-state index is -0.649. The molecule has 0 bridgehead atoms. The van der Waals surface area contributed by atoms with Crippen LogP contribution in [-0.4, -0.2) is 76.7 Å². The van der Waals surface area contributed by atoms with Gasteiger partial charge in [-0.3, -0.25) is 14.7 Å². The average Bonchev–Trinajstić information content (AvgIpc) is 3.12. The van der Waals surface area contributed by atoms with Crippen molar-refractivity contribution in [1.82, 2.24) is 14.7 Å². The second-order valence-corrected chi connectivity index (χ2v) is 9.13. The van der Waals surface area contributed by atoms with Crippen molar-refractivity contribution in [1.29, 1.82) is 0 Å². The Hall–Kier alpha value is -1.80. The zero-order chi connectivity index (χ0) is 21.2. The molecule has 3 heterocycles. The first kappa shape index (κ1) is 21.1. The predicted molar refractivity (Wildman–Crippen MR) is 119 cm³/mol. The van der Waals surface area contributed by atoms with Crippen molar-refractivity contribution in [3.05, 3.63) is 70.3 Å². The van der Waals surface area contributed by atoms with Crippen molar-refractivity contribution in [2.24, 2.45) is 0 Å². The van der Waals surface area contributed by atoms with Crippen LogP contribution >= 0.6 is 0 Å². The van der Waals surface area contributed by atoms with E-state index in [1.54, 1.807) is 0 Å². The first-order valence-corrected chi connectivity index (χ1v) is 11.5. The van der Waals surface area contributed by atoms with E-state index < -0.39 is 12.5 Å². The van der Waals surface area contributed by atoms with Gasteiger partial charge in [-0.1, -0.05) is 42.5 Å². The smallest absolute Gasteiger partial charge is 0.166 e. The second-order valence-electron chi connectivity index (χ2n) is 9.13. The van der Waals surface area contributed by atoms with Crippen LogP contribution in [0.25, 0.3) is 0 Å². The van der Waals surface area contributed by atoms with Gasteiger partial charge in [0.2, 0.25) is 0 Å². The molecular weight excluding hydrogens is 390 g/mol. The highest BCUT2D eigenvalue weighted by Crippen LogP contribution is 2.22. The molecule has 0 aromatic heterocycles. The molecule has 6 nitrogen and oxygen atoms in total. The van der Waals surface area contributed by atoms with Crippen molar-refractivity contribution in [2.75, 3.05) is 39.3 Å². The molecule has 2 unspecified atom stereocenters. The lowest BCUT2D eigenvalue weighted by molar-refractivity contribution is -0.0761. The lowest BCUT2D eigenvalue weighted by atomic mass is 10.00. The van der Waals surface area contributed by atoms with E-state index in [4.69, 9.17) is 4.74 Å². The van der Waals surface area contributed by atoms with Crippen LogP contribution in [0.1, 0.15) is 27.8 Å². The molecule has 2 aromatic rings. The quantitative estimate of drug-likeness (QED) is 0.736. The van der Waals surface area contributed by atoms with Gasteiger partial charge in [0.25, 0.3) is 0 Å². The first-order valence-electron chi connectivity index (χ1n) is 11.5. The van der Waals surface area contributed by atoms with Crippen molar-refractivity contribution >= 4 is 0 Å². The topological polar surface area (TPSA) is 59.4 Å². The molecule has 1 fully saturated rings. The Kier molecular flexibility index (Phi) is 6.36. The third-order valence-electron chi connectivity index (χ3n) is 6.88. The predicted octanol–water partition coefficient (Wildman–Crippen LogP) is 1.57. The van der Waals surface area contributed by atoms with Crippen LogP contribution < -0.4 is 0 Å². The number of hydrogen-bond donors (Lipinski definition) is 2. The third kappa shape index (κ3) is 4.85. The molecule has 1 saturated heterocycles. The van der Waals surface area contributed by atoms with E-state index in [0.717, 1.165) is 45.6 Å². The van der Waals surface area contributed by atoms with Gasteiger partial charge in [0.15, 0.2) is 6.35 Å². The van der Waals surface area contributed by atoms with Crippen LogP contribution in [0, 0.1) is 0 Å². The highest BCUT2D eigenvalue weighted by atomic mass is 16.5. The maximum atomic E-state index is 10.8. The molecular formula is C25H33N3O3. The molecule has 3 aliphatic heterocycles. The lowest BCUT2D eigenvalue weighted by Crippen LogP contribution is -2.45. The van der Waals surface area contributed by atoms with Crippen LogP contribution in [0.4, 0.5) is 0 Å². The van der Waals surface area contributed by atoms with Crippen molar-refractivity contribution in [3.63, 3.8) is 0 Å². The molecule has 166 valence electrons. The van der Waals surface area contributed by atoms with Gasteiger partial charge in [-0.25, -0.2) is 0 Å². The summed E-state index contributed by atoms with van der Waals surface area (Å²) < 4.78 is 5.58. The molecule has 3 aliphatic rings. The van der Waals surface area contributed by atoms with E-state index in [1.807, 2.05) is 4.90 Å². The van der Waals surface area contributed by atoms with Gasteiger partial charge in [-0.2, -0.15) is 0 Å². The lowest BCUT2D eigenvalue weighted by Gasteiger charge is -2.32. The van der Waals surface area contributed by atoms with Crippen LogP contribution in [0.15, 0.2) is 42.5 Å². The summed E-state index contributed by atoms with van der Waals surface area (Å²) in [5.74, 6) is 0. The molecule has 31 heavy (non-hydrogen) atoms. The standard InChI is InChI=1S/C25H33N3O3/c29-24(16-26-9-7-20-3-1-2-4-22(20)15-26)17-28-11-10-27(25(28)30)14-19-5-6-21-8-12-31-18-23(21)13-19/h1-6,13,24-25,29-30H,7-12,14-18H2. The third-order valence-corrected chi connectivity index (χ3v) is 6.88. The minimum Gasteiger partial charge on any atom is -0.390 e. The van der Waals surface area contributed by atoms with E-state index in [-0.39, 0.29) is 0 Å². The highest BCUT2D eigenvalue weighted by Gasteiger charge is 2.32. The van der Waals surface area contributed by atoms with Crippen LogP contribution in [-0.2, 0) is 37.3 Å². The largest absolute Gasteiger partial charge is 0.390 e. The number of rotatable bonds is 6. The summed E-state index contributed by atoms with van der Waals surface area (Å²) in [4.78, 5) is 6.39. The van der Waals surface area contributed by atoms with Gasteiger partial charge < -0.3 is 14.9 Å². The highest BCUT2D eigenvalue weighted by molar-refractivity contribution is 5.33. The second kappa shape index (κ2) is 9.36. The molecule has 0 amide bonds. The van der Waals surface area contributed by atoms with E-state index in [2.05, 4.69) is 52.3 Å². The van der Waals surface area contributed by atoms with E-state index in [1.165, 1.54) is 27.8 Å². The number of fused-ring (bicyclic) bond motifs is 2. The molecule has 0 aliphatic carbocycles. The number of hydrogen-bond acceptors (Lipinski definition) is 6. The number of aliphatic hydroxyl groups excluding tert-OH is 2. The van der Waals surface area contributed by atoms with Crippen LogP contribution in [0.5, 0.6) is 0 Å². The van der Waals surface area contributed by atoms with Crippen molar-refractivity contribution in [3.8, 4) is 0 Å². The van der Waals surface area contributed by atoms with Gasteiger partial charge in [-0.05, 0) is 40.7 Å². The Morgan fingerprint density at radius 1 is 0.903 bits per heavy atom. The molecule has 0 saturated carbocycles. The summed E-state index contributed by atoms with van der Waals surface area (Å²) in [6.07, 6.45) is 0.898. The minimum absolute atomic E-state index is 0.472. The molecule has 2 aromatic carbocycles. The van der Waals surface area contributed by atoms with E-state index in [0.29, 0.717) is 26.2 Å². The number of benzene rings is 2. The maximum absolute atomic E-state index is 10.8. The molecule has 2 atom stereocenters. The summed E-state index contributed by atoms with van der Waals surface area (Å²) in [5, 5.41) is 21.5. The van der Waals surface area contributed by atoms with Crippen LogP contribution in [0.2, 0.25) is 0 Å². The fourth-order valence-electron chi connectivity index (χ4n) is 5.16. The molecule has 5 rings (SSSR count). The average molecular weight is 424 g/mol. The van der Waals surface area contributed by atoms with Gasteiger partial charge in [-0.15, -0.1) is 0 Å². The van der Waals surface area contributed by atoms with E-state index >= 15 is 0 Å². The Balaban J connectivity index is 1.13. The fourth-order valence-corrected chi connectivity index (χ4v) is 5.16. The maximum Gasteiger partial charge on any atom is 0.166 e. The molecule has 0 spiro atoms. The number of nitrogens with zero attached hydrogens (tertiary/aromatic N) is 3. The normalized spacial score (nSPS) is 23.5. The van der Waals surface area contributed by atoms with Gasteiger partial charge in [0.1, 0.15) is 0 Å². The van der Waals surface area contributed by atoms with Crippen molar-refractivity contribution < 1.29 is 14.9 Å². The van der Waals surface area contributed by atoms with Crippen molar-refractivity contribution in [2.45, 2.75) is 45.0 Å². The Morgan fingerprint density at radius 3 is 2.61 bits per heavy atom. The van der Waals surface area contributed by atoms with Gasteiger partial charge >= 0.3 is 0 Å². The fraction of sp³-hybridized carbons (Fsp3) is 0.520. The van der Waals surface area contributed by atoms with E-state index in [9.17, 15) is 10.2 Å². The number of β-amino-alcohol motifs (C(OH)–C–C–N with tert-alkyl or cyclic N) is 1. The van der Waals surface area contributed by atoms with Gasteiger partial charge in [0.05, 0.1) is 19.3 Å². The van der Waals surface area contributed by atoms with Crippen LogP contribution in [0.3, 0.4) is 0 Å².